The van der Waals surface area contributed by atoms with Crippen LogP contribution < -0.4 is 5.32 Å². The first kappa shape index (κ1) is 24.4. The summed E-state index contributed by atoms with van der Waals surface area (Å²) < 4.78 is 36.5. The fourth-order valence-corrected chi connectivity index (χ4v) is 4.52. The normalized spacial score (nSPS) is 11.5. The quantitative estimate of drug-likeness (QED) is 0.305. The van der Waals surface area contributed by atoms with Crippen molar-refractivity contribution in [2.75, 3.05) is 5.32 Å². The van der Waals surface area contributed by atoms with E-state index < -0.39 is 6.43 Å². The summed E-state index contributed by atoms with van der Waals surface area (Å²) in [6.45, 7) is 7.77. The van der Waals surface area contributed by atoms with Crippen LogP contribution in [0.15, 0.2) is 53.1 Å². The van der Waals surface area contributed by atoms with Crippen molar-refractivity contribution in [3.05, 3.63) is 82.5 Å². The number of benzene rings is 1. The van der Waals surface area contributed by atoms with Crippen LogP contribution in [0, 0.1) is 27.7 Å². The summed E-state index contributed by atoms with van der Waals surface area (Å²) in [6, 6.07) is 12.7. The summed E-state index contributed by atoms with van der Waals surface area (Å²) in [7, 11) is 0. The van der Waals surface area contributed by atoms with E-state index in [0.29, 0.717) is 29.4 Å². The average molecular weight is 505 g/mol. The number of rotatable bonds is 7. The number of carbonyl (C=O) groups is 1. The third-order valence-corrected chi connectivity index (χ3v) is 6.44. The number of aromatic nitrogens is 5. The number of carbonyl (C=O) groups excluding carboxylic acids is 1. The molecular formula is C27H26F2N6O2. The molecule has 1 aromatic carbocycles. The van der Waals surface area contributed by atoms with Crippen LogP contribution in [0.4, 0.5) is 14.5 Å². The van der Waals surface area contributed by atoms with Crippen molar-refractivity contribution in [2.24, 2.45) is 0 Å². The molecule has 0 aliphatic rings. The summed E-state index contributed by atoms with van der Waals surface area (Å²) in [4.78, 5) is 17.6. The van der Waals surface area contributed by atoms with Gasteiger partial charge in [-0.05, 0) is 57.0 Å². The number of amides is 1. The SMILES string of the molecule is Cc1ccccc1Cn1nc(C)c(NC(=O)Cn2nc(C)c3c(C(F)F)cc(-c4ccco4)nc32)c1C. The lowest BCUT2D eigenvalue weighted by Crippen LogP contribution is -2.20. The van der Waals surface area contributed by atoms with Gasteiger partial charge in [-0.3, -0.25) is 9.48 Å². The topological polar surface area (TPSA) is 90.8 Å². The highest BCUT2D eigenvalue weighted by molar-refractivity contribution is 5.93. The predicted molar refractivity (Wildman–Crippen MR) is 136 cm³/mol. The summed E-state index contributed by atoms with van der Waals surface area (Å²) in [5.74, 6) is -0.0131. The van der Waals surface area contributed by atoms with Gasteiger partial charge in [-0.15, -0.1) is 0 Å². The van der Waals surface area contributed by atoms with Crippen LogP contribution in [-0.4, -0.2) is 30.5 Å². The number of nitrogens with one attached hydrogen (secondary N) is 1. The number of halogens is 2. The Morgan fingerprint density at radius 3 is 2.49 bits per heavy atom. The van der Waals surface area contributed by atoms with E-state index in [0.717, 1.165) is 16.8 Å². The molecule has 0 aliphatic carbocycles. The van der Waals surface area contributed by atoms with E-state index in [-0.39, 0.29) is 34.7 Å². The molecule has 1 N–H and O–H groups in total. The van der Waals surface area contributed by atoms with Gasteiger partial charge in [0.05, 0.1) is 41.0 Å². The first-order valence-corrected chi connectivity index (χ1v) is 11.8. The van der Waals surface area contributed by atoms with Crippen molar-refractivity contribution in [1.82, 2.24) is 24.5 Å². The van der Waals surface area contributed by atoms with Crippen LogP contribution in [0.3, 0.4) is 0 Å². The fraction of sp³-hybridized carbons (Fsp3) is 0.259. The molecule has 0 radical (unpaired) electrons. The van der Waals surface area contributed by atoms with Gasteiger partial charge < -0.3 is 9.73 Å². The third kappa shape index (κ3) is 4.62. The van der Waals surface area contributed by atoms with Crippen LogP contribution in [0.5, 0.6) is 0 Å². The number of hydrogen-bond donors (Lipinski definition) is 1. The molecule has 0 atom stereocenters. The number of hydrogen-bond acceptors (Lipinski definition) is 5. The molecular weight excluding hydrogens is 478 g/mol. The lowest BCUT2D eigenvalue weighted by molar-refractivity contribution is -0.116. The van der Waals surface area contributed by atoms with Crippen molar-refractivity contribution in [3.8, 4) is 11.5 Å². The zero-order chi connectivity index (χ0) is 26.3. The number of pyridine rings is 1. The van der Waals surface area contributed by atoms with Crippen molar-refractivity contribution in [1.29, 1.82) is 0 Å². The van der Waals surface area contributed by atoms with Crippen molar-refractivity contribution in [2.45, 2.75) is 47.2 Å². The Hall–Kier alpha value is -4.34. The third-order valence-electron chi connectivity index (χ3n) is 6.44. The molecule has 1 amide bonds. The smallest absolute Gasteiger partial charge is 0.264 e. The molecule has 0 bridgehead atoms. The molecule has 0 spiro atoms. The van der Waals surface area contributed by atoms with Crippen LogP contribution in [0.1, 0.15) is 40.2 Å². The Balaban J connectivity index is 1.44. The highest BCUT2D eigenvalue weighted by Crippen LogP contribution is 2.33. The van der Waals surface area contributed by atoms with Gasteiger partial charge in [0, 0.05) is 5.56 Å². The second kappa shape index (κ2) is 9.61. The highest BCUT2D eigenvalue weighted by Gasteiger charge is 2.23. The number of furan rings is 1. The molecule has 0 saturated carbocycles. The van der Waals surface area contributed by atoms with Gasteiger partial charge in [0.1, 0.15) is 12.2 Å². The Kier molecular flexibility index (Phi) is 6.32. The maximum Gasteiger partial charge on any atom is 0.264 e. The minimum atomic E-state index is -2.74. The molecule has 4 heterocycles. The van der Waals surface area contributed by atoms with Gasteiger partial charge in [0.15, 0.2) is 11.4 Å². The van der Waals surface area contributed by atoms with E-state index in [1.807, 2.05) is 49.7 Å². The second-order valence-electron chi connectivity index (χ2n) is 8.99. The van der Waals surface area contributed by atoms with Crippen LogP contribution in [0.2, 0.25) is 0 Å². The predicted octanol–water partition coefficient (Wildman–Crippen LogP) is 5.75. The fourth-order valence-electron chi connectivity index (χ4n) is 4.52. The zero-order valence-corrected chi connectivity index (χ0v) is 20.9. The Labute approximate surface area is 211 Å². The Morgan fingerprint density at radius 1 is 1.03 bits per heavy atom. The molecule has 10 heteroatoms. The van der Waals surface area contributed by atoms with E-state index >= 15 is 0 Å². The lowest BCUT2D eigenvalue weighted by atomic mass is 10.1. The second-order valence-corrected chi connectivity index (χ2v) is 8.99. The maximum absolute atomic E-state index is 13.9. The highest BCUT2D eigenvalue weighted by atomic mass is 19.3. The summed E-state index contributed by atoms with van der Waals surface area (Å²) >= 11 is 0. The largest absolute Gasteiger partial charge is 0.463 e. The Bertz CT molecular complexity index is 1600. The number of aryl methyl sites for hydroxylation is 3. The molecule has 0 fully saturated rings. The summed E-state index contributed by atoms with van der Waals surface area (Å²) in [5.41, 5.74) is 5.01. The van der Waals surface area contributed by atoms with Crippen molar-refractivity contribution < 1.29 is 18.0 Å². The molecule has 0 saturated heterocycles. The molecule has 190 valence electrons. The standard InChI is InChI=1S/C27H26F2N6O2/c1-15-8-5-6-9-19(15)13-34-18(4)25(17(3)33-34)31-23(36)14-35-27-24(16(2)32-35)20(26(28)29)12-21(30-27)22-10-7-11-37-22/h5-12,26H,13-14H2,1-4H3,(H,31,36). The number of alkyl halides is 2. The van der Waals surface area contributed by atoms with Crippen LogP contribution in [0.25, 0.3) is 22.5 Å². The van der Waals surface area contributed by atoms with E-state index in [9.17, 15) is 13.6 Å². The summed E-state index contributed by atoms with van der Waals surface area (Å²) in [5, 5.41) is 12.1. The van der Waals surface area contributed by atoms with Crippen molar-refractivity contribution >= 4 is 22.6 Å². The maximum atomic E-state index is 13.9. The van der Waals surface area contributed by atoms with E-state index in [1.165, 1.54) is 17.0 Å². The van der Waals surface area contributed by atoms with Gasteiger partial charge in [0.25, 0.3) is 6.43 Å². The van der Waals surface area contributed by atoms with Crippen LogP contribution in [-0.2, 0) is 17.9 Å². The number of anilines is 1. The number of fused-ring (bicyclic) bond motifs is 1. The van der Waals surface area contributed by atoms with E-state index in [1.54, 1.807) is 19.1 Å². The van der Waals surface area contributed by atoms with Gasteiger partial charge in [0.2, 0.25) is 5.91 Å². The monoisotopic (exact) mass is 504 g/mol. The molecule has 8 nitrogen and oxygen atoms in total. The van der Waals surface area contributed by atoms with Gasteiger partial charge >= 0.3 is 0 Å². The average Bonchev–Trinajstić information content (AvgIpc) is 3.56. The first-order valence-electron chi connectivity index (χ1n) is 11.8. The van der Waals surface area contributed by atoms with Crippen molar-refractivity contribution in [3.63, 3.8) is 0 Å². The molecule has 37 heavy (non-hydrogen) atoms. The summed E-state index contributed by atoms with van der Waals surface area (Å²) in [6.07, 6.45) is -1.29. The number of nitrogens with zero attached hydrogens (tertiary/aromatic N) is 5. The van der Waals surface area contributed by atoms with Gasteiger partial charge in [-0.2, -0.15) is 10.2 Å². The van der Waals surface area contributed by atoms with E-state index in [4.69, 9.17) is 4.42 Å². The lowest BCUT2D eigenvalue weighted by Gasteiger charge is -2.10. The van der Waals surface area contributed by atoms with E-state index in [2.05, 4.69) is 20.5 Å². The molecule has 0 unspecified atom stereocenters. The molecule has 5 rings (SSSR count). The van der Waals surface area contributed by atoms with Crippen LogP contribution >= 0.6 is 0 Å². The Morgan fingerprint density at radius 2 is 1.78 bits per heavy atom. The minimum Gasteiger partial charge on any atom is -0.463 e. The molecule has 5 aromatic rings. The first-order chi connectivity index (χ1) is 17.7. The zero-order valence-electron chi connectivity index (χ0n) is 20.9. The molecule has 0 aliphatic heterocycles. The van der Waals surface area contributed by atoms with Gasteiger partial charge in [-0.25, -0.2) is 18.4 Å². The molecule has 4 aromatic heterocycles. The minimum absolute atomic E-state index is 0.195. The van der Waals surface area contributed by atoms with Gasteiger partial charge in [-0.1, -0.05) is 24.3 Å².